The van der Waals surface area contributed by atoms with E-state index in [2.05, 4.69) is 5.10 Å². The van der Waals surface area contributed by atoms with E-state index in [9.17, 15) is 4.39 Å². The van der Waals surface area contributed by atoms with Crippen molar-refractivity contribution in [2.24, 2.45) is 12.8 Å². The van der Waals surface area contributed by atoms with Crippen molar-refractivity contribution in [1.82, 2.24) is 9.78 Å². The quantitative estimate of drug-likeness (QED) is 0.848. The maximum Gasteiger partial charge on any atom is 0.124 e. The monoisotopic (exact) mass is 251 g/mol. The number of hydrogen-bond acceptors (Lipinski definition) is 3. The molecule has 3 nitrogen and oxygen atoms in total. The maximum absolute atomic E-state index is 13.0. The molecule has 1 aromatic heterocycles. The lowest BCUT2D eigenvalue weighted by Crippen LogP contribution is -2.16. The van der Waals surface area contributed by atoms with Crippen LogP contribution in [0.4, 0.5) is 4.39 Å². The molecule has 1 aromatic carbocycles. The van der Waals surface area contributed by atoms with Crippen LogP contribution in [-0.2, 0) is 7.05 Å². The van der Waals surface area contributed by atoms with Crippen LogP contribution in [0.2, 0.25) is 0 Å². The maximum atomic E-state index is 13.0. The molecule has 2 N–H and O–H groups in total. The number of halogens is 1. The Morgan fingerprint density at radius 1 is 1.47 bits per heavy atom. The van der Waals surface area contributed by atoms with Gasteiger partial charge in [0.15, 0.2) is 0 Å². The third-order valence-electron chi connectivity index (χ3n) is 2.46. The molecule has 0 saturated heterocycles. The second-order valence-corrected chi connectivity index (χ2v) is 4.85. The van der Waals surface area contributed by atoms with Crippen LogP contribution in [0, 0.1) is 5.82 Å². The van der Waals surface area contributed by atoms with Gasteiger partial charge in [0.2, 0.25) is 0 Å². The lowest BCUT2D eigenvalue weighted by atomic mass is 10.2. The van der Waals surface area contributed by atoms with Crippen molar-refractivity contribution in [2.45, 2.75) is 10.9 Å². The molecule has 2 aromatic rings. The van der Waals surface area contributed by atoms with Crippen LogP contribution in [0.3, 0.4) is 0 Å². The highest BCUT2D eigenvalue weighted by Crippen LogP contribution is 2.23. The number of benzene rings is 1. The summed E-state index contributed by atoms with van der Waals surface area (Å²) in [5.41, 5.74) is 7.03. The SMILES string of the molecule is Cn1nccc1C(N)CSc1cccc(F)c1. The zero-order valence-electron chi connectivity index (χ0n) is 9.51. The second kappa shape index (κ2) is 5.33. The molecule has 0 aliphatic rings. The van der Waals surface area contributed by atoms with Crippen molar-refractivity contribution in [3.63, 3.8) is 0 Å². The topological polar surface area (TPSA) is 43.8 Å². The van der Waals surface area contributed by atoms with E-state index in [0.29, 0.717) is 5.75 Å². The molecule has 0 bridgehead atoms. The molecule has 1 atom stereocenters. The Morgan fingerprint density at radius 2 is 2.29 bits per heavy atom. The molecule has 0 radical (unpaired) electrons. The Bertz CT molecular complexity index is 498. The number of aryl methyl sites for hydroxylation is 1. The van der Waals surface area contributed by atoms with E-state index in [1.54, 1.807) is 28.7 Å². The standard InChI is InChI=1S/C12H14FN3S/c1-16-12(5-6-15-16)11(14)8-17-10-4-2-3-9(13)7-10/h2-7,11H,8,14H2,1H3. The van der Waals surface area contributed by atoms with E-state index in [0.717, 1.165) is 10.6 Å². The van der Waals surface area contributed by atoms with Gasteiger partial charge >= 0.3 is 0 Å². The van der Waals surface area contributed by atoms with Crippen molar-refractivity contribution in [3.05, 3.63) is 48.0 Å². The van der Waals surface area contributed by atoms with Gasteiger partial charge in [0.25, 0.3) is 0 Å². The van der Waals surface area contributed by atoms with Gasteiger partial charge in [-0.25, -0.2) is 4.39 Å². The predicted molar refractivity (Wildman–Crippen MR) is 67.3 cm³/mol. The summed E-state index contributed by atoms with van der Waals surface area (Å²) < 4.78 is 14.7. The van der Waals surface area contributed by atoms with Gasteiger partial charge in [-0.15, -0.1) is 11.8 Å². The highest BCUT2D eigenvalue weighted by molar-refractivity contribution is 7.99. The van der Waals surface area contributed by atoms with Crippen LogP contribution in [0.15, 0.2) is 41.4 Å². The van der Waals surface area contributed by atoms with Crippen molar-refractivity contribution in [1.29, 1.82) is 0 Å². The Balaban J connectivity index is 1.97. The van der Waals surface area contributed by atoms with E-state index in [1.165, 1.54) is 12.1 Å². The molecular formula is C12H14FN3S. The fraction of sp³-hybridized carbons (Fsp3) is 0.250. The molecule has 0 spiro atoms. The van der Waals surface area contributed by atoms with Crippen molar-refractivity contribution < 1.29 is 4.39 Å². The molecule has 17 heavy (non-hydrogen) atoms. The summed E-state index contributed by atoms with van der Waals surface area (Å²) in [6, 6.07) is 8.33. The van der Waals surface area contributed by atoms with Crippen LogP contribution < -0.4 is 5.73 Å². The van der Waals surface area contributed by atoms with Gasteiger partial charge < -0.3 is 5.73 Å². The largest absolute Gasteiger partial charge is 0.322 e. The molecule has 1 heterocycles. The summed E-state index contributed by atoms with van der Waals surface area (Å²) in [5, 5.41) is 4.07. The molecule has 0 fully saturated rings. The van der Waals surface area contributed by atoms with Crippen LogP contribution in [0.1, 0.15) is 11.7 Å². The molecular weight excluding hydrogens is 237 g/mol. The number of rotatable bonds is 4. The Morgan fingerprint density at radius 3 is 2.94 bits per heavy atom. The van der Waals surface area contributed by atoms with Gasteiger partial charge in [-0.1, -0.05) is 6.07 Å². The molecule has 5 heteroatoms. The average molecular weight is 251 g/mol. The van der Waals surface area contributed by atoms with E-state index in [4.69, 9.17) is 5.73 Å². The molecule has 2 rings (SSSR count). The van der Waals surface area contributed by atoms with Crippen LogP contribution in [0.5, 0.6) is 0 Å². The van der Waals surface area contributed by atoms with Crippen molar-refractivity contribution >= 4 is 11.8 Å². The Labute approximate surface area is 104 Å². The number of hydrogen-bond donors (Lipinski definition) is 1. The molecule has 1 unspecified atom stereocenters. The zero-order valence-corrected chi connectivity index (χ0v) is 10.3. The first-order chi connectivity index (χ1) is 8.16. The fourth-order valence-electron chi connectivity index (χ4n) is 1.58. The number of nitrogens with zero attached hydrogens (tertiary/aromatic N) is 2. The Hall–Kier alpha value is -1.33. The van der Waals surface area contributed by atoms with Crippen LogP contribution in [0.25, 0.3) is 0 Å². The number of aromatic nitrogens is 2. The summed E-state index contributed by atoms with van der Waals surface area (Å²) >= 11 is 1.54. The molecule has 0 aliphatic heterocycles. The normalized spacial score (nSPS) is 12.6. The van der Waals surface area contributed by atoms with Crippen molar-refractivity contribution in [3.8, 4) is 0 Å². The lowest BCUT2D eigenvalue weighted by Gasteiger charge is -2.11. The zero-order chi connectivity index (χ0) is 12.3. The number of nitrogens with two attached hydrogens (primary N) is 1. The van der Waals surface area contributed by atoms with E-state index >= 15 is 0 Å². The summed E-state index contributed by atoms with van der Waals surface area (Å²) in [6.07, 6.45) is 1.72. The van der Waals surface area contributed by atoms with Gasteiger partial charge in [-0.2, -0.15) is 5.10 Å². The molecule has 0 aliphatic carbocycles. The minimum absolute atomic E-state index is 0.101. The molecule has 0 amide bonds. The molecule has 0 saturated carbocycles. The van der Waals surface area contributed by atoms with Crippen molar-refractivity contribution in [2.75, 3.05) is 5.75 Å². The average Bonchev–Trinajstić information content (AvgIpc) is 2.72. The third kappa shape index (κ3) is 3.08. The van der Waals surface area contributed by atoms with Gasteiger partial charge in [0, 0.05) is 23.9 Å². The second-order valence-electron chi connectivity index (χ2n) is 3.75. The summed E-state index contributed by atoms with van der Waals surface area (Å²) in [7, 11) is 1.86. The highest BCUT2D eigenvalue weighted by atomic mass is 32.2. The Kier molecular flexibility index (Phi) is 3.81. The van der Waals surface area contributed by atoms with E-state index < -0.39 is 0 Å². The third-order valence-corrected chi connectivity index (χ3v) is 3.58. The highest BCUT2D eigenvalue weighted by Gasteiger charge is 2.10. The lowest BCUT2D eigenvalue weighted by molar-refractivity contribution is 0.624. The van der Waals surface area contributed by atoms with Crippen LogP contribution in [-0.4, -0.2) is 15.5 Å². The fourth-order valence-corrected chi connectivity index (χ4v) is 2.49. The smallest absolute Gasteiger partial charge is 0.124 e. The van der Waals surface area contributed by atoms with Gasteiger partial charge in [-0.3, -0.25) is 4.68 Å². The first-order valence-electron chi connectivity index (χ1n) is 5.28. The number of thioether (sulfide) groups is 1. The summed E-state index contributed by atoms with van der Waals surface area (Å²) in [4.78, 5) is 0.891. The first kappa shape index (κ1) is 12.1. The van der Waals surface area contributed by atoms with Gasteiger partial charge in [0.05, 0.1) is 11.7 Å². The minimum atomic E-state index is -0.218. The molecule has 90 valence electrons. The van der Waals surface area contributed by atoms with Gasteiger partial charge in [-0.05, 0) is 24.3 Å². The summed E-state index contributed by atoms with van der Waals surface area (Å²) in [5.74, 6) is 0.479. The van der Waals surface area contributed by atoms with Gasteiger partial charge in [0.1, 0.15) is 5.82 Å². The predicted octanol–water partition coefficient (Wildman–Crippen LogP) is 2.35. The minimum Gasteiger partial charge on any atom is -0.322 e. The first-order valence-corrected chi connectivity index (χ1v) is 6.27. The van der Waals surface area contributed by atoms with E-state index in [-0.39, 0.29) is 11.9 Å². The van der Waals surface area contributed by atoms with Crippen LogP contribution >= 0.6 is 11.8 Å². The van der Waals surface area contributed by atoms with E-state index in [1.807, 2.05) is 19.2 Å². The summed E-state index contributed by atoms with van der Waals surface area (Å²) in [6.45, 7) is 0.